The Morgan fingerprint density at radius 2 is 1.71 bits per heavy atom. The van der Waals surface area contributed by atoms with Gasteiger partial charge in [0.1, 0.15) is 0 Å². The van der Waals surface area contributed by atoms with Crippen LogP contribution in [0.25, 0.3) is 0 Å². The molecule has 0 radical (unpaired) electrons. The first-order chi connectivity index (χ1) is 11.1. The maximum atomic E-state index is 4.45. The highest BCUT2D eigenvalue weighted by Gasteiger charge is 2.20. The molecule has 24 heavy (non-hydrogen) atoms. The minimum absolute atomic E-state index is 0. The molecule has 0 atom stereocenters. The third-order valence-electron chi connectivity index (χ3n) is 5.32. The molecule has 1 aliphatic carbocycles. The average molecular weight is 452 g/mol. The quantitative estimate of drug-likeness (QED) is 0.248. The number of aliphatic imine (C=N–C) groups is 1. The van der Waals surface area contributed by atoms with E-state index in [1.807, 2.05) is 7.05 Å². The summed E-state index contributed by atoms with van der Waals surface area (Å²) in [5.74, 6) is 2.84. The number of unbranched alkanes of at least 4 members (excludes halogenated alkanes) is 1. The number of nitrogens with one attached hydrogen (secondary N) is 1. The van der Waals surface area contributed by atoms with Gasteiger partial charge in [-0.25, -0.2) is 0 Å². The van der Waals surface area contributed by atoms with Crippen molar-refractivity contribution in [2.75, 3.05) is 46.8 Å². The average Bonchev–Trinajstić information content (AvgIpc) is 2.56. The summed E-state index contributed by atoms with van der Waals surface area (Å²) < 4.78 is 0. The van der Waals surface area contributed by atoms with Gasteiger partial charge in [-0.05, 0) is 57.2 Å². The maximum absolute atomic E-state index is 4.45. The normalized spacial score (nSPS) is 21.5. The van der Waals surface area contributed by atoms with Crippen LogP contribution in [0.5, 0.6) is 0 Å². The van der Waals surface area contributed by atoms with Crippen LogP contribution in [0.2, 0.25) is 0 Å². The van der Waals surface area contributed by atoms with Gasteiger partial charge in [-0.2, -0.15) is 0 Å². The Balaban J connectivity index is 0.00000529. The van der Waals surface area contributed by atoms with Crippen LogP contribution in [0.15, 0.2) is 4.99 Å². The van der Waals surface area contributed by atoms with Gasteiger partial charge in [0, 0.05) is 27.2 Å². The number of guanidine groups is 1. The van der Waals surface area contributed by atoms with E-state index in [1.54, 1.807) is 0 Å². The molecule has 0 aromatic carbocycles. The zero-order valence-corrected chi connectivity index (χ0v) is 19.0. The largest absolute Gasteiger partial charge is 0.356 e. The molecule has 0 aromatic rings. The fourth-order valence-electron chi connectivity index (χ4n) is 3.57. The van der Waals surface area contributed by atoms with E-state index >= 15 is 0 Å². The van der Waals surface area contributed by atoms with Gasteiger partial charge in [0.2, 0.25) is 0 Å². The third-order valence-corrected chi connectivity index (χ3v) is 5.32. The van der Waals surface area contributed by atoms with Crippen LogP contribution in [-0.4, -0.2) is 62.6 Å². The Labute approximate surface area is 167 Å². The first kappa shape index (κ1) is 24.0. The molecule has 0 unspecified atom stereocenters. The third kappa shape index (κ3) is 9.44. The molecular formula is C19H41IN4. The lowest BCUT2D eigenvalue weighted by Gasteiger charge is -2.31. The molecule has 0 aromatic heterocycles. The summed E-state index contributed by atoms with van der Waals surface area (Å²) in [5, 5.41) is 3.53. The van der Waals surface area contributed by atoms with E-state index in [4.69, 9.17) is 0 Å². The highest BCUT2D eigenvalue weighted by molar-refractivity contribution is 14.0. The fourth-order valence-corrected chi connectivity index (χ4v) is 3.57. The smallest absolute Gasteiger partial charge is 0.193 e. The van der Waals surface area contributed by atoms with Gasteiger partial charge in [0.25, 0.3) is 0 Å². The molecule has 1 aliphatic rings. The Kier molecular flexibility index (Phi) is 14.1. The summed E-state index contributed by atoms with van der Waals surface area (Å²) in [5.41, 5.74) is 0. The molecular weight excluding hydrogens is 411 g/mol. The van der Waals surface area contributed by atoms with Gasteiger partial charge in [0.05, 0.1) is 0 Å². The van der Waals surface area contributed by atoms with Crippen molar-refractivity contribution in [1.29, 1.82) is 0 Å². The second-order valence-electron chi connectivity index (χ2n) is 7.21. The molecule has 5 heteroatoms. The molecule has 0 heterocycles. The molecule has 1 fully saturated rings. The number of hydrogen-bond acceptors (Lipinski definition) is 2. The number of nitrogens with zero attached hydrogens (tertiary/aromatic N) is 3. The minimum Gasteiger partial charge on any atom is -0.356 e. The van der Waals surface area contributed by atoms with Gasteiger partial charge < -0.3 is 15.1 Å². The Morgan fingerprint density at radius 1 is 1.08 bits per heavy atom. The monoisotopic (exact) mass is 452 g/mol. The van der Waals surface area contributed by atoms with E-state index in [0.29, 0.717) is 0 Å². The lowest BCUT2D eigenvalue weighted by molar-refractivity contribution is 0.250. The topological polar surface area (TPSA) is 30.9 Å². The summed E-state index contributed by atoms with van der Waals surface area (Å²) in [7, 11) is 4.08. The summed E-state index contributed by atoms with van der Waals surface area (Å²) in [6.07, 6.45) is 8.03. The maximum Gasteiger partial charge on any atom is 0.193 e. The van der Waals surface area contributed by atoms with Gasteiger partial charge in [-0.1, -0.05) is 33.6 Å². The van der Waals surface area contributed by atoms with E-state index in [-0.39, 0.29) is 24.0 Å². The van der Waals surface area contributed by atoms with E-state index in [2.05, 4.69) is 47.9 Å². The molecule has 0 amide bonds. The minimum atomic E-state index is 0. The first-order valence-electron chi connectivity index (χ1n) is 9.74. The van der Waals surface area contributed by atoms with Crippen molar-refractivity contribution < 1.29 is 0 Å². The molecule has 4 nitrogen and oxygen atoms in total. The van der Waals surface area contributed by atoms with Crippen LogP contribution in [-0.2, 0) is 0 Å². The van der Waals surface area contributed by atoms with Gasteiger partial charge in [0.15, 0.2) is 5.96 Å². The lowest BCUT2D eigenvalue weighted by Crippen LogP contribution is -2.42. The van der Waals surface area contributed by atoms with Gasteiger partial charge in [-0.15, -0.1) is 24.0 Å². The molecule has 1 rings (SSSR count). The van der Waals surface area contributed by atoms with Crippen LogP contribution in [0.1, 0.15) is 59.3 Å². The van der Waals surface area contributed by atoms with E-state index in [9.17, 15) is 0 Å². The fraction of sp³-hybridized carbons (Fsp3) is 0.947. The van der Waals surface area contributed by atoms with Crippen molar-refractivity contribution >= 4 is 29.9 Å². The van der Waals surface area contributed by atoms with Crippen molar-refractivity contribution in [3.05, 3.63) is 0 Å². The molecule has 0 aliphatic heterocycles. The van der Waals surface area contributed by atoms with E-state index in [1.165, 1.54) is 45.1 Å². The summed E-state index contributed by atoms with van der Waals surface area (Å²) in [6, 6.07) is 0. The van der Waals surface area contributed by atoms with Crippen LogP contribution in [0, 0.1) is 11.8 Å². The Morgan fingerprint density at radius 3 is 2.25 bits per heavy atom. The predicted molar refractivity (Wildman–Crippen MR) is 118 cm³/mol. The Hall–Kier alpha value is -0.0400. The highest BCUT2D eigenvalue weighted by atomic mass is 127. The van der Waals surface area contributed by atoms with Crippen LogP contribution in [0.4, 0.5) is 0 Å². The van der Waals surface area contributed by atoms with Gasteiger partial charge >= 0.3 is 0 Å². The number of hydrogen-bond donors (Lipinski definition) is 1. The van der Waals surface area contributed by atoms with Crippen molar-refractivity contribution in [3.63, 3.8) is 0 Å². The highest BCUT2D eigenvalue weighted by Crippen LogP contribution is 2.28. The number of rotatable bonds is 9. The summed E-state index contributed by atoms with van der Waals surface area (Å²) in [4.78, 5) is 9.27. The van der Waals surface area contributed by atoms with Crippen LogP contribution < -0.4 is 5.32 Å². The predicted octanol–water partition coefficient (Wildman–Crippen LogP) is 4.06. The second kappa shape index (κ2) is 14.2. The molecule has 1 N–H and O–H groups in total. The molecule has 0 bridgehead atoms. The Bertz CT molecular complexity index is 323. The lowest BCUT2D eigenvalue weighted by atomic mass is 9.83. The van der Waals surface area contributed by atoms with E-state index < -0.39 is 0 Å². The van der Waals surface area contributed by atoms with Crippen LogP contribution >= 0.6 is 24.0 Å². The van der Waals surface area contributed by atoms with Crippen molar-refractivity contribution in [2.45, 2.75) is 59.3 Å². The van der Waals surface area contributed by atoms with Crippen molar-refractivity contribution in [1.82, 2.24) is 15.1 Å². The SMILES string of the molecule is CCN(CC)CCCCNC(=NC)N(C)CC1CCC(C)CC1.I. The molecule has 0 saturated heterocycles. The molecule has 144 valence electrons. The summed E-state index contributed by atoms with van der Waals surface area (Å²) >= 11 is 0. The summed E-state index contributed by atoms with van der Waals surface area (Å²) in [6.45, 7) is 12.6. The molecule has 1 saturated carbocycles. The van der Waals surface area contributed by atoms with E-state index in [0.717, 1.165) is 44.0 Å². The van der Waals surface area contributed by atoms with Gasteiger partial charge in [-0.3, -0.25) is 4.99 Å². The standard InChI is InChI=1S/C19H40N4.HI/c1-6-23(7-2)15-9-8-14-21-19(20-4)22(5)16-18-12-10-17(3)11-13-18;/h17-18H,6-16H2,1-5H3,(H,20,21);1H. The van der Waals surface area contributed by atoms with Crippen LogP contribution in [0.3, 0.4) is 0 Å². The number of halogens is 1. The zero-order chi connectivity index (χ0) is 17.1. The second-order valence-corrected chi connectivity index (χ2v) is 7.21. The molecule has 0 spiro atoms. The van der Waals surface area contributed by atoms with Crippen molar-refractivity contribution in [3.8, 4) is 0 Å². The zero-order valence-electron chi connectivity index (χ0n) is 16.7. The first-order valence-corrected chi connectivity index (χ1v) is 9.74. The van der Waals surface area contributed by atoms with Crippen molar-refractivity contribution in [2.24, 2.45) is 16.8 Å².